The number of alkyl halides is 3. The zero-order chi connectivity index (χ0) is 26.5. The second-order valence-corrected chi connectivity index (χ2v) is 8.96. The van der Waals surface area contributed by atoms with E-state index in [0.29, 0.717) is 11.5 Å². The van der Waals surface area contributed by atoms with Gasteiger partial charge < -0.3 is 15.0 Å². The highest BCUT2D eigenvalue weighted by Crippen LogP contribution is 2.36. The Hall–Kier alpha value is -4.09. The Balaban J connectivity index is 1.72. The number of benzene rings is 2. The summed E-state index contributed by atoms with van der Waals surface area (Å²) in [6.45, 7) is 1.82. The van der Waals surface area contributed by atoms with Gasteiger partial charge in [0.05, 0.1) is 11.1 Å². The largest absolute Gasteiger partial charge is 0.475 e. The van der Waals surface area contributed by atoms with Gasteiger partial charge in [-0.2, -0.15) is 13.2 Å². The minimum absolute atomic E-state index is 0.0779. The van der Waals surface area contributed by atoms with Crippen molar-refractivity contribution in [2.75, 3.05) is 5.32 Å². The molecule has 0 bridgehead atoms. The summed E-state index contributed by atoms with van der Waals surface area (Å²) in [7, 11) is 0. The molecule has 2 aromatic heterocycles. The topological polar surface area (TPSA) is 92.9 Å². The van der Waals surface area contributed by atoms with Crippen LogP contribution < -0.4 is 5.32 Å². The third-order valence-corrected chi connectivity index (χ3v) is 6.30. The standard InChI is InChI=1S/C25H20F5N5O2/c1-12(14-7-8-14)31-20-19-21(33-22(32-20)24(36)37)34-23(16-3-2-4-17(26)18(16)27)35(19)11-13-5-9-15(10-6-13)25(28,29)30/h2-6,9-10,12,14H,7-8,11H2,1H3,(H,36,37)(H,31,32,33). The van der Waals surface area contributed by atoms with Gasteiger partial charge in [-0.1, -0.05) is 18.2 Å². The number of fused-ring (bicyclic) bond motifs is 1. The molecule has 0 aliphatic heterocycles. The van der Waals surface area contributed by atoms with E-state index in [9.17, 15) is 31.9 Å². The van der Waals surface area contributed by atoms with Gasteiger partial charge in [0, 0.05) is 12.6 Å². The van der Waals surface area contributed by atoms with Gasteiger partial charge in [0.1, 0.15) is 11.3 Å². The van der Waals surface area contributed by atoms with Crippen molar-refractivity contribution in [2.24, 2.45) is 5.92 Å². The van der Waals surface area contributed by atoms with Gasteiger partial charge in [0.25, 0.3) is 0 Å². The highest BCUT2D eigenvalue weighted by atomic mass is 19.4. The van der Waals surface area contributed by atoms with Crippen molar-refractivity contribution >= 4 is 23.0 Å². The van der Waals surface area contributed by atoms with Crippen molar-refractivity contribution in [3.8, 4) is 11.4 Å². The Bertz CT molecular complexity index is 1500. The number of rotatable bonds is 7. The second-order valence-electron chi connectivity index (χ2n) is 8.96. The van der Waals surface area contributed by atoms with Crippen molar-refractivity contribution < 1.29 is 31.9 Å². The van der Waals surface area contributed by atoms with Crippen LogP contribution in [0.25, 0.3) is 22.6 Å². The Morgan fingerprint density at radius 1 is 1.11 bits per heavy atom. The predicted molar refractivity (Wildman–Crippen MR) is 124 cm³/mol. The van der Waals surface area contributed by atoms with E-state index in [-0.39, 0.29) is 41.0 Å². The smallest absolute Gasteiger partial charge is 0.416 e. The van der Waals surface area contributed by atoms with E-state index in [1.165, 1.54) is 28.8 Å². The second kappa shape index (κ2) is 9.09. The predicted octanol–water partition coefficient (Wildman–Crippen LogP) is 5.75. The summed E-state index contributed by atoms with van der Waals surface area (Å²) in [6.07, 6.45) is -2.55. The number of aromatic nitrogens is 4. The zero-order valence-corrected chi connectivity index (χ0v) is 19.4. The zero-order valence-electron chi connectivity index (χ0n) is 19.4. The van der Waals surface area contributed by atoms with Crippen LogP contribution in [-0.2, 0) is 12.7 Å². The fourth-order valence-corrected chi connectivity index (χ4v) is 4.18. The van der Waals surface area contributed by atoms with Gasteiger partial charge in [0.2, 0.25) is 5.82 Å². The molecule has 192 valence electrons. The first kappa shape index (κ1) is 24.6. The summed E-state index contributed by atoms with van der Waals surface area (Å²) in [5, 5.41) is 12.7. The summed E-state index contributed by atoms with van der Waals surface area (Å²) in [5.74, 6) is -3.84. The lowest BCUT2D eigenvalue weighted by molar-refractivity contribution is -0.137. The van der Waals surface area contributed by atoms with Gasteiger partial charge in [-0.3, -0.25) is 0 Å². The average Bonchev–Trinajstić information content (AvgIpc) is 3.63. The third-order valence-electron chi connectivity index (χ3n) is 6.30. The Labute approximate surface area is 207 Å². The molecule has 1 aliphatic carbocycles. The number of anilines is 1. The van der Waals surface area contributed by atoms with Gasteiger partial charge >= 0.3 is 12.1 Å². The van der Waals surface area contributed by atoms with E-state index >= 15 is 0 Å². The van der Waals surface area contributed by atoms with Crippen LogP contribution in [-0.4, -0.2) is 36.6 Å². The molecule has 0 radical (unpaired) electrons. The number of hydrogen-bond acceptors (Lipinski definition) is 5. The minimum atomic E-state index is -4.52. The first-order chi connectivity index (χ1) is 17.5. The van der Waals surface area contributed by atoms with E-state index in [1.807, 2.05) is 6.92 Å². The maximum Gasteiger partial charge on any atom is 0.416 e. The Morgan fingerprint density at radius 2 is 1.81 bits per heavy atom. The lowest BCUT2D eigenvalue weighted by Crippen LogP contribution is -2.20. The number of hydrogen-bond donors (Lipinski definition) is 2. The highest BCUT2D eigenvalue weighted by Gasteiger charge is 2.31. The molecule has 0 amide bonds. The molecule has 1 unspecified atom stereocenters. The van der Waals surface area contributed by atoms with E-state index in [2.05, 4.69) is 20.3 Å². The molecule has 12 heteroatoms. The van der Waals surface area contributed by atoms with Gasteiger partial charge in [-0.15, -0.1) is 0 Å². The van der Waals surface area contributed by atoms with Crippen molar-refractivity contribution in [3.63, 3.8) is 0 Å². The lowest BCUT2D eigenvalue weighted by Gasteiger charge is -2.17. The Morgan fingerprint density at radius 3 is 2.43 bits per heavy atom. The number of nitrogens with zero attached hydrogens (tertiary/aromatic N) is 4. The molecule has 1 atom stereocenters. The molecule has 2 aromatic carbocycles. The molecule has 2 N–H and O–H groups in total. The Kier molecular flexibility index (Phi) is 6.04. The number of nitrogens with one attached hydrogen (secondary N) is 1. The molecule has 1 aliphatic rings. The van der Waals surface area contributed by atoms with Crippen LogP contribution in [0, 0.1) is 17.6 Å². The SMILES string of the molecule is CC(Nc1nc(C(=O)O)nc2nc(-c3cccc(F)c3F)n(Cc3ccc(C(F)(F)F)cc3)c12)C1CC1. The maximum atomic E-state index is 14.9. The van der Waals surface area contributed by atoms with Gasteiger partial charge in [0.15, 0.2) is 23.1 Å². The fourth-order valence-electron chi connectivity index (χ4n) is 4.18. The molecule has 2 heterocycles. The molecule has 0 spiro atoms. The van der Waals surface area contributed by atoms with Crippen LogP contribution in [0.3, 0.4) is 0 Å². The van der Waals surface area contributed by atoms with Crippen LogP contribution in [0.4, 0.5) is 27.8 Å². The molecule has 5 rings (SSSR count). The van der Waals surface area contributed by atoms with E-state index in [0.717, 1.165) is 31.0 Å². The molecular formula is C25H20F5N5O2. The van der Waals surface area contributed by atoms with Gasteiger partial charge in [-0.25, -0.2) is 28.5 Å². The van der Waals surface area contributed by atoms with Crippen LogP contribution in [0.5, 0.6) is 0 Å². The fraction of sp³-hybridized carbons (Fsp3) is 0.280. The van der Waals surface area contributed by atoms with Crippen molar-refractivity contribution in [1.82, 2.24) is 19.5 Å². The van der Waals surface area contributed by atoms with Crippen molar-refractivity contribution in [3.05, 3.63) is 71.1 Å². The van der Waals surface area contributed by atoms with Crippen LogP contribution >= 0.6 is 0 Å². The quantitative estimate of drug-likeness (QED) is 0.304. The first-order valence-electron chi connectivity index (χ1n) is 11.4. The normalized spacial score (nSPS) is 14.6. The maximum absolute atomic E-state index is 14.9. The molecular weight excluding hydrogens is 497 g/mol. The molecule has 7 nitrogen and oxygen atoms in total. The molecule has 1 saturated carbocycles. The molecule has 1 fully saturated rings. The average molecular weight is 517 g/mol. The highest BCUT2D eigenvalue weighted by molar-refractivity contribution is 5.92. The van der Waals surface area contributed by atoms with Gasteiger partial charge in [-0.05, 0) is 55.5 Å². The van der Waals surface area contributed by atoms with Crippen LogP contribution in [0.2, 0.25) is 0 Å². The third kappa shape index (κ3) is 4.83. The minimum Gasteiger partial charge on any atom is -0.475 e. The summed E-state index contributed by atoms with van der Waals surface area (Å²) >= 11 is 0. The molecule has 4 aromatic rings. The van der Waals surface area contributed by atoms with Crippen LogP contribution in [0.15, 0.2) is 42.5 Å². The monoisotopic (exact) mass is 517 g/mol. The van der Waals surface area contributed by atoms with E-state index in [1.54, 1.807) is 0 Å². The van der Waals surface area contributed by atoms with Crippen LogP contribution in [0.1, 0.15) is 41.5 Å². The number of carboxylic acids is 1. The molecule has 0 saturated heterocycles. The summed E-state index contributed by atoms with van der Waals surface area (Å²) in [5.41, 5.74) is -0.505. The number of carboxylic acid groups (broad SMARTS) is 1. The van der Waals surface area contributed by atoms with Crippen molar-refractivity contribution in [1.29, 1.82) is 0 Å². The number of carbonyl (C=O) groups is 1. The van der Waals surface area contributed by atoms with Crippen molar-refractivity contribution in [2.45, 2.75) is 38.5 Å². The molecule has 37 heavy (non-hydrogen) atoms. The number of aromatic carboxylic acids is 1. The summed E-state index contributed by atoms with van der Waals surface area (Å²) < 4.78 is 69.6. The first-order valence-corrected chi connectivity index (χ1v) is 11.4. The number of halogens is 5. The van der Waals surface area contributed by atoms with E-state index < -0.39 is 35.2 Å². The van der Waals surface area contributed by atoms with E-state index in [4.69, 9.17) is 0 Å². The number of imidazole rings is 1. The lowest BCUT2D eigenvalue weighted by atomic mass is 10.1. The summed E-state index contributed by atoms with van der Waals surface area (Å²) in [4.78, 5) is 24.2. The summed E-state index contributed by atoms with van der Waals surface area (Å²) in [6, 6.07) is 7.83.